The Morgan fingerprint density at radius 1 is 1.38 bits per heavy atom. The zero-order valence-electron chi connectivity index (χ0n) is 8.03. The molecule has 1 N–H and O–H groups in total. The highest BCUT2D eigenvalue weighted by molar-refractivity contribution is 4.93. The fraction of sp³-hybridized carbons (Fsp3) is 0.750. The predicted octanol–water partition coefficient (Wildman–Crippen LogP) is -0.114. The number of nitrogens with zero attached hydrogens (tertiary/aromatic N) is 3. The van der Waals surface area contributed by atoms with Crippen LogP contribution in [0.15, 0.2) is 0 Å². The van der Waals surface area contributed by atoms with Gasteiger partial charge in [0.15, 0.2) is 5.82 Å². The maximum Gasteiger partial charge on any atom is 0.158 e. The van der Waals surface area contributed by atoms with E-state index in [1.165, 1.54) is 0 Å². The molecule has 0 aliphatic heterocycles. The topological polar surface area (TPSA) is 60.2 Å². The van der Waals surface area contributed by atoms with Crippen molar-refractivity contribution in [1.82, 2.24) is 14.8 Å². The monoisotopic (exact) mass is 185 g/mol. The van der Waals surface area contributed by atoms with Gasteiger partial charge in [-0.1, -0.05) is 0 Å². The molecule has 0 bridgehead atoms. The molecule has 1 aromatic rings. The summed E-state index contributed by atoms with van der Waals surface area (Å²) >= 11 is 0. The summed E-state index contributed by atoms with van der Waals surface area (Å²) in [5.41, 5.74) is 0. The van der Waals surface area contributed by atoms with Crippen molar-refractivity contribution in [1.29, 1.82) is 0 Å². The minimum atomic E-state index is -0.0713. The fourth-order valence-electron chi connectivity index (χ4n) is 1.06. The molecule has 0 atom stereocenters. The average molecular weight is 185 g/mol. The highest BCUT2D eigenvalue weighted by Gasteiger charge is 2.06. The second-order valence-corrected chi connectivity index (χ2v) is 2.70. The number of ether oxygens (including phenoxy) is 1. The Morgan fingerprint density at radius 2 is 2.08 bits per heavy atom. The molecule has 1 rings (SSSR count). The van der Waals surface area contributed by atoms with Crippen LogP contribution in [-0.2, 0) is 24.8 Å². The molecule has 0 saturated heterocycles. The van der Waals surface area contributed by atoms with Crippen molar-refractivity contribution in [2.45, 2.75) is 20.0 Å². The summed E-state index contributed by atoms with van der Waals surface area (Å²) in [5.74, 6) is 1.43. The summed E-state index contributed by atoms with van der Waals surface area (Å²) in [7, 11) is 1.84. The van der Waals surface area contributed by atoms with Crippen molar-refractivity contribution in [3.05, 3.63) is 11.6 Å². The van der Waals surface area contributed by atoms with Gasteiger partial charge < -0.3 is 14.4 Å². The highest BCUT2D eigenvalue weighted by Crippen LogP contribution is 1.99. The van der Waals surface area contributed by atoms with Crippen LogP contribution in [0.1, 0.15) is 18.6 Å². The Kier molecular flexibility index (Phi) is 3.85. The van der Waals surface area contributed by atoms with Crippen LogP contribution in [0, 0.1) is 0 Å². The fourth-order valence-corrected chi connectivity index (χ4v) is 1.06. The van der Waals surface area contributed by atoms with Crippen LogP contribution in [0.3, 0.4) is 0 Å². The molecule has 13 heavy (non-hydrogen) atoms. The Labute approximate surface area is 77.4 Å². The zero-order chi connectivity index (χ0) is 9.68. The molecule has 74 valence electrons. The Balaban J connectivity index is 2.51. The molecular weight excluding hydrogens is 170 g/mol. The van der Waals surface area contributed by atoms with Crippen LogP contribution >= 0.6 is 0 Å². The molecule has 0 saturated carbocycles. The first-order chi connectivity index (χ1) is 6.29. The number of hydrogen-bond donors (Lipinski definition) is 1. The summed E-state index contributed by atoms with van der Waals surface area (Å²) in [6.07, 6.45) is 0.733. The first kappa shape index (κ1) is 10.1. The molecule has 0 spiro atoms. The van der Waals surface area contributed by atoms with E-state index in [0.29, 0.717) is 19.0 Å². The molecule has 0 aliphatic rings. The van der Waals surface area contributed by atoms with E-state index in [9.17, 15) is 0 Å². The third-order valence-electron chi connectivity index (χ3n) is 1.87. The van der Waals surface area contributed by atoms with Crippen LogP contribution in [0.25, 0.3) is 0 Å². The van der Waals surface area contributed by atoms with E-state index in [1.54, 1.807) is 4.57 Å². The lowest BCUT2D eigenvalue weighted by Gasteiger charge is -2.01. The van der Waals surface area contributed by atoms with E-state index in [1.807, 2.05) is 14.0 Å². The van der Waals surface area contributed by atoms with Crippen molar-refractivity contribution >= 4 is 0 Å². The van der Waals surface area contributed by atoms with Crippen LogP contribution < -0.4 is 0 Å². The first-order valence-corrected chi connectivity index (χ1v) is 4.35. The van der Waals surface area contributed by atoms with Gasteiger partial charge in [-0.15, -0.1) is 10.2 Å². The van der Waals surface area contributed by atoms with Crippen LogP contribution in [0.2, 0.25) is 0 Å². The first-order valence-electron chi connectivity index (χ1n) is 4.35. The standard InChI is InChI=1S/C8H15N3O2/c1-3-13-5-4-7-9-10-8(6-12)11(7)2/h12H,3-6H2,1-2H3. The molecular formula is C8H15N3O2. The van der Waals surface area contributed by atoms with Gasteiger partial charge in [-0.2, -0.15) is 0 Å². The number of aliphatic hydroxyl groups is 1. The lowest BCUT2D eigenvalue weighted by Crippen LogP contribution is -2.06. The lowest BCUT2D eigenvalue weighted by atomic mass is 10.4. The van der Waals surface area contributed by atoms with Crippen LogP contribution in [-0.4, -0.2) is 33.1 Å². The Bertz CT molecular complexity index is 260. The van der Waals surface area contributed by atoms with E-state index < -0.39 is 0 Å². The second kappa shape index (κ2) is 4.94. The highest BCUT2D eigenvalue weighted by atomic mass is 16.5. The van der Waals surface area contributed by atoms with Gasteiger partial charge in [0.05, 0.1) is 6.61 Å². The van der Waals surface area contributed by atoms with Crippen molar-refractivity contribution in [3.8, 4) is 0 Å². The van der Waals surface area contributed by atoms with Gasteiger partial charge in [0.25, 0.3) is 0 Å². The number of hydrogen-bond acceptors (Lipinski definition) is 4. The van der Waals surface area contributed by atoms with Gasteiger partial charge in [0, 0.05) is 20.1 Å². The molecule has 1 heterocycles. The largest absolute Gasteiger partial charge is 0.388 e. The number of aromatic nitrogens is 3. The van der Waals surface area contributed by atoms with Crippen LogP contribution in [0.5, 0.6) is 0 Å². The minimum absolute atomic E-state index is 0.0713. The summed E-state index contributed by atoms with van der Waals surface area (Å²) in [5, 5.41) is 16.6. The molecule has 1 aromatic heterocycles. The van der Waals surface area contributed by atoms with Gasteiger partial charge in [-0.3, -0.25) is 0 Å². The lowest BCUT2D eigenvalue weighted by molar-refractivity contribution is 0.149. The molecule has 0 amide bonds. The van der Waals surface area contributed by atoms with E-state index in [4.69, 9.17) is 9.84 Å². The summed E-state index contributed by atoms with van der Waals surface area (Å²) in [6, 6.07) is 0. The molecule has 0 unspecified atom stereocenters. The molecule has 0 fully saturated rings. The van der Waals surface area contributed by atoms with E-state index in [0.717, 1.165) is 12.2 Å². The van der Waals surface area contributed by atoms with Crippen molar-refractivity contribution in [3.63, 3.8) is 0 Å². The van der Waals surface area contributed by atoms with E-state index >= 15 is 0 Å². The third-order valence-corrected chi connectivity index (χ3v) is 1.87. The Hall–Kier alpha value is -0.940. The summed E-state index contributed by atoms with van der Waals surface area (Å²) < 4.78 is 6.98. The van der Waals surface area contributed by atoms with Gasteiger partial charge in [-0.25, -0.2) is 0 Å². The zero-order valence-corrected chi connectivity index (χ0v) is 8.03. The van der Waals surface area contributed by atoms with Crippen molar-refractivity contribution in [2.75, 3.05) is 13.2 Å². The summed E-state index contributed by atoms with van der Waals surface area (Å²) in [6.45, 7) is 3.24. The molecule has 0 aliphatic carbocycles. The molecule has 0 radical (unpaired) electrons. The molecule has 0 aromatic carbocycles. The van der Waals surface area contributed by atoms with Gasteiger partial charge >= 0.3 is 0 Å². The van der Waals surface area contributed by atoms with E-state index in [-0.39, 0.29) is 6.61 Å². The van der Waals surface area contributed by atoms with Gasteiger partial charge in [0.1, 0.15) is 12.4 Å². The maximum absolute atomic E-state index is 8.85. The maximum atomic E-state index is 8.85. The minimum Gasteiger partial charge on any atom is -0.388 e. The predicted molar refractivity (Wildman–Crippen MR) is 47.1 cm³/mol. The van der Waals surface area contributed by atoms with Gasteiger partial charge in [0.2, 0.25) is 0 Å². The van der Waals surface area contributed by atoms with Crippen molar-refractivity contribution < 1.29 is 9.84 Å². The smallest absolute Gasteiger partial charge is 0.158 e. The molecule has 5 heteroatoms. The Morgan fingerprint density at radius 3 is 2.62 bits per heavy atom. The average Bonchev–Trinajstić information content (AvgIpc) is 2.48. The van der Waals surface area contributed by atoms with Crippen molar-refractivity contribution in [2.24, 2.45) is 7.05 Å². The number of rotatable bonds is 5. The summed E-state index contributed by atoms with van der Waals surface area (Å²) in [4.78, 5) is 0. The second-order valence-electron chi connectivity index (χ2n) is 2.70. The normalized spacial score (nSPS) is 10.7. The SMILES string of the molecule is CCOCCc1nnc(CO)n1C. The molecule has 5 nitrogen and oxygen atoms in total. The third kappa shape index (κ3) is 2.50. The van der Waals surface area contributed by atoms with Gasteiger partial charge in [-0.05, 0) is 6.92 Å². The van der Waals surface area contributed by atoms with E-state index in [2.05, 4.69) is 10.2 Å². The number of aliphatic hydroxyl groups excluding tert-OH is 1. The quantitative estimate of drug-likeness (QED) is 0.650. The van der Waals surface area contributed by atoms with Crippen LogP contribution in [0.4, 0.5) is 0 Å².